The molecule has 0 amide bonds. The summed E-state index contributed by atoms with van der Waals surface area (Å²) in [5.41, 5.74) is 0. The fourth-order valence-electron chi connectivity index (χ4n) is 0.782. The van der Waals surface area contributed by atoms with Crippen molar-refractivity contribution in [2.24, 2.45) is 0 Å². The van der Waals surface area contributed by atoms with Crippen LogP contribution in [0.3, 0.4) is 0 Å². The van der Waals surface area contributed by atoms with Crippen LogP contribution in [0.4, 0.5) is 0 Å². The van der Waals surface area contributed by atoms with E-state index in [1.54, 1.807) is 0 Å². The first-order valence-corrected chi connectivity index (χ1v) is 4.23. The summed E-state index contributed by atoms with van der Waals surface area (Å²) in [6.07, 6.45) is 4.21. The Bertz CT molecular complexity index is 122. The Morgan fingerprint density at radius 2 is 2.22 bits per heavy atom. The van der Waals surface area contributed by atoms with E-state index in [1.807, 2.05) is 0 Å². The molecule has 52 valence electrons. The van der Waals surface area contributed by atoms with Crippen molar-refractivity contribution in [3.63, 3.8) is 0 Å². The monoisotopic (exact) mass is 238 g/mol. The van der Waals surface area contributed by atoms with Crippen molar-refractivity contribution in [3.8, 4) is 0 Å². The maximum Gasteiger partial charge on any atom is 0.0900 e. The van der Waals surface area contributed by atoms with Crippen LogP contribution in [0, 0.1) is 0 Å². The Balaban J connectivity index is 2.41. The maximum absolute atomic E-state index is 2.40. The van der Waals surface area contributed by atoms with E-state index >= 15 is 0 Å². The third-order valence-electron chi connectivity index (χ3n) is 1.36. The molecule has 1 aliphatic heterocycles. The van der Waals surface area contributed by atoms with Crippen LogP contribution in [0.15, 0.2) is 12.4 Å². The Morgan fingerprint density at radius 1 is 1.56 bits per heavy atom. The highest BCUT2D eigenvalue weighted by Gasteiger charge is 2.11. The fraction of sp³-hybridized carbons (Fsp3) is 0.667. The zero-order chi connectivity index (χ0) is 6.85. The average Bonchev–Trinajstić information content (AvgIpc) is 2.14. The molecule has 0 saturated carbocycles. The van der Waals surface area contributed by atoms with Gasteiger partial charge in [-0.2, -0.15) is 0 Å². The molecule has 0 fully saturated rings. The average molecular weight is 238 g/mol. The van der Waals surface area contributed by atoms with Gasteiger partial charge in [0.2, 0.25) is 0 Å². The van der Waals surface area contributed by atoms with E-state index in [1.165, 1.54) is 0 Å². The van der Waals surface area contributed by atoms with Crippen molar-refractivity contribution in [2.45, 2.75) is 11.0 Å². The smallest absolute Gasteiger partial charge is 0.0900 e. The van der Waals surface area contributed by atoms with Crippen LogP contribution in [-0.2, 0) is 0 Å². The highest BCUT2D eigenvalue weighted by molar-refractivity contribution is 14.1. The van der Waals surface area contributed by atoms with Crippen molar-refractivity contribution in [2.75, 3.05) is 13.7 Å². The van der Waals surface area contributed by atoms with Crippen LogP contribution in [0.1, 0.15) is 6.92 Å². The number of halogens is 1. The molecular weight excluding hydrogens is 227 g/mol. The molecule has 0 spiro atoms. The molecule has 0 aliphatic carbocycles. The van der Waals surface area contributed by atoms with Gasteiger partial charge >= 0.3 is 0 Å². The topological polar surface area (TPSA) is 6.48 Å². The van der Waals surface area contributed by atoms with Crippen molar-refractivity contribution in [1.29, 1.82) is 0 Å². The molecule has 1 atom stereocenters. The van der Waals surface area contributed by atoms with E-state index in [2.05, 4.69) is 58.8 Å². The summed E-state index contributed by atoms with van der Waals surface area (Å²) in [5, 5.41) is 0. The molecular formula is C6H11IN2. The SMILES string of the molecule is CC(I)N1C=CN(C)C1. The number of rotatable bonds is 1. The summed E-state index contributed by atoms with van der Waals surface area (Å²) < 4.78 is 0.601. The Kier molecular flexibility index (Phi) is 2.21. The summed E-state index contributed by atoms with van der Waals surface area (Å²) in [6.45, 7) is 3.22. The first-order chi connectivity index (χ1) is 4.20. The van der Waals surface area contributed by atoms with E-state index in [4.69, 9.17) is 0 Å². The summed E-state index contributed by atoms with van der Waals surface area (Å²) in [5.74, 6) is 0. The Morgan fingerprint density at radius 3 is 2.44 bits per heavy atom. The number of hydrogen-bond acceptors (Lipinski definition) is 2. The van der Waals surface area contributed by atoms with Crippen LogP contribution in [-0.4, -0.2) is 27.6 Å². The minimum atomic E-state index is 0.601. The molecule has 1 aliphatic rings. The lowest BCUT2D eigenvalue weighted by atomic mass is 10.6. The van der Waals surface area contributed by atoms with Crippen LogP contribution in [0.5, 0.6) is 0 Å². The lowest BCUT2D eigenvalue weighted by Crippen LogP contribution is -2.26. The quantitative estimate of drug-likeness (QED) is 0.387. The van der Waals surface area contributed by atoms with Crippen LogP contribution in [0.2, 0.25) is 0 Å². The molecule has 1 unspecified atom stereocenters. The zero-order valence-corrected chi connectivity index (χ0v) is 7.87. The van der Waals surface area contributed by atoms with Crippen LogP contribution >= 0.6 is 22.6 Å². The Hall–Kier alpha value is 0.0700. The molecule has 0 radical (unpaired) electrons. The molecule has 3 heteroatoms. The third kappa shape index (κ3) is 1.74. The number of alkyl halides is 1. The van der Waals surface area contributed by atoms with E-state index in [9.17, 15) is 0 Å². The molecule has 0 aromatic rings. The molecule has 0 aromatic carbocycles. The normalized spacial score (nSPS) is 21.2. The Labute approximate surface area is 69.7 Å². The van der Waals surface area contributed by atoms with Gasteiger partial charge in [0.25, 0.3) is 0 Å². The zero-order valence-electron chi connectivity index (χ0n) is 5.71. The molecule has 0 aromatic heterocycles. The van der Waals surface area contributed by atoms with E-state index in [0.717, 1.165) is 6.67 Å². The molecule has 2 nitrogen and oxygen atoms in total. The summed E-state index contributed by atoms with van der Waals surface area (Å²) in [7, 11) is 2.08. The summed E-state index contributed by atoms with van der Waals surface area (Å²) >= 11 is 2.40. The fourth-order valence-corrected chi connectivity index (χ4v) is 1.14. The van der Waals surface area contributed by atoms with Crippen LogP contribution < -0.4 is 0 Å². The number of hydrogen-bond donors (Lipinski definition) is 0. The van der Waals surface area contributed by atoms with Gasteiger partial charge in [0, 0.05) is 19.4 Å². The van der Waals surface area contributed by atoms with Crippen molar-refractivity contribution in [1.82, 2.24) is 9.80 Å². The third-order valence-corrected chi connectivity index (χ3v) is 2.07. The first kappa shape index (κ1) is 7.18. The standard InChI is InChI=1S/C6H11IN2/c1-6(7)9-4-3-8(2)5-9/h3-4,6H,5H2,1-2H3. The van der Waals surface area contributed by atoms with Gasteiger partial charge in [-0.25, -0.2) is 0 Å². The van der Waals surface area contributed by atoms with Gasteiger partial charge in [0.15, 0.2) is 0 Å². The van der Waals surface area contributed by atoms with Gasteiger partial charge in [-0.15, -0.1) is 0 Å². The van der Waals surface area contributed by atoms with Crippen molar-refractivity contribution < 1.29 is 0 Å². The van der Waals surface area contributed by atoms with Gasteiger partial charge in [-0.3, -0.25) is 0 Å². The summed E-state index contributed by atoms with van der Waals surface area (Å²) in [4.78, 5) is 4.44. The minimum Gasteiger partial charge on any atom is -0.362 e. The molecule has 0 saturated heterocycles. The van der Waals surface area contributed by atoms with E-state index in [0.29, 0.717) is 4.05 Å². The molecule has 1 heterocycles. The molecule has 0 bridgehead atoms. The largest absolute Gasteiger partial charge is 0.362 e. The second-order valence-corrected chi connectivity index (χ2v) is 4.09. The predicted octanol–water partition coefficient (Wildman–Crippen LogP) is 1.44. The van der Waals surface area contributed by atoms with E-state index in [-0.39, 0.29) is 0 Å². The van der Waals surface area contributed by atoms with Gasteiger partial charge < -0.3 is 9.80 Å². The molecule has 9 heavy (non-hydrogen) atoms. The first-order valence-electron chi connectivity index (χ1n) is 2.98. The number of nitrogens with zero attached hydrogens (tertiary/aromatic N) is 2. The highest BCUT2D eigenvalue weighted by atomic mass is 127. The summed E-state index contributed by atoms with van der Waals surface area (Å²) in [6, 6.07) is 0. The molecule has 0 N–H and O–H groups in total. The van der Waals surface area contributed by atoms with Crippen molar-refractivity contribution in [3.05, 3.63) is 12.4 Å². The molecule has 1 rings (SSSR count). The van der Waals surface area contributed by atoms with Gasteiger partial charge in [0.05, 0.1) is 10.7 Å². The second-order valence-electron chi connectivity index (χ2n) is 2.28. The van der Waals surface area contributed by atoms with Gasteiger partial charge in [-0.05, 0) is 6.92 Å². The lowest BCUT2D eigenvalue weighted by Gasteiger charge is -2.20. The lowest BCUT2D eigenvalue weighted by molar-refractivity contribution is 0.299. The van der Waals surface area contributed by atoms with E-state index < -0.39 is 0 Å². The highest BCUT2D eigenvalue weighted by Crippen LogP contribution is 2.12. The van der Waals surface area contributed by atoms with Crippen LogP contribution in [0.25, 0.3) is 0 Å². The van der Waals surface area contributed by atoms with Crippen molar-refractivity contribution >= 4 is 22.6 Å². The van der Waals surface area contributed by atoms with Gasteiger partial charge in [0.1, 0.15) is 0 Å². The minimum absolute atomic E-state index is 0.601. The predicted molar refractivity (Wildman–Crippen MR) is 47.1 cm³/mol. The van der Waals surface area contributed by atoms with Gasteiger partial charge in [-0.1, -0.05) is 22.6 Å². The second kappa shape index (κ2) is 2.77. The maximum atomic E-state index is 2.40.